The highest BCUT2D eigenvalue weighted by molar-refractivity contribution is 6.17. The molecule has 1 aromatic carbocycles. The number of benzene rings is 1. The Balaban J connectivity index is 1.62. The second-order valence-corrected chi connectivity index (χ2v) is 10.8. The van der Waals surface area contributed by atoms with Gasteiger partial charge in [0.15, 0.2) is 0 Å². The normalized spacial score (nSPS) is 11.4. The van der Waals surface area contributed by atoms with Crippen LogP contribution in [0.15, 0.2) is 24.3 Å². The van der Waals surface area contributed by atoms with E-state index in [9.17, 15) is 4.79 Å². The maximum Gasteiger partial charge on any atom is 0.150 e. The number of ether oxygens (including phenoxy) is 12. The Morgan fingerprint density at radius 2 is 0.653 bits per heavy atom. The molecule has 0 saturated carbocycles. The molecule has 14 heteroatoms. The van der Waals surface area contributed by atoms with E-state index in [0.717, 1.165) is 38.0 Å². The summed E-state index contributed by atoms with van der Waals surface area (Å²) in [6.45, 7) is 12.0. The summed E-state index contributed by atoms with van der Waals surface area (Å²) in [6.07, 6.45) is 5.28. The van der Waals surface area contributed by atoms with Crippen LogP contribution in [0, 0.1) is 0 Å². The molecular weight excluding hydrogens is 664 g/mol. The Morgan fingerprint density at radius 1 is 0.367 bits per heavy atom. The van der Waals surface area contributed by atoms with E-state index >= 15 is 0 Å². The molecule has 0 fully saturated rings. The van der Waals surface area contributed by atoms with Gasteiger partial charge in [0, 0.05) is 18.1 Å². The van der Waals surface area contributed by atoms with Gasteiger partial charge >= 0.3 is 0 Å². The summed E-state index contributed by atoms with van der Waals surface area (Å²) < 4.78 is 65.9. The lowest BCUT2D eigenvalue weighted by Crippen LogP contribution is -2.15. The lowest BCUT2D eigenvalue weighted by atomic mass is 10.2. The Morgan fingerprint density at radius 3 is 0.959 bits per heavy atom. The molecule has 0 aliphatic heterocycles. The number of aldehydes is 1. The zero-order valence-corrected chi connectivity index (χ0v) is 30.1. The summed E-state index contributed by atoms with van der Waals surface area (Å²) in [5.74, 6) is 1.44. The number of carbonyl (C=O) groups is 1. The van der Waals surface area contributed by atoms with E-state index in [4.69, 9.17) is 68.4 Å². The predicted octanol–water partition coefficient (Wildman–Crippen LogP) is 3.86. The maximum atomic E-state index is 10.6. The van der Waals surface area contributed by atoms with Crippen LogP contribution in [0.5, 0.6) is 5.75 Å². The molecule has 1 aromatic rings. The Kier molecular flexibility index (Phi) is 36.6. The minimum Gasteiger partial charge on any atom is -0.491 e. The van der Waals surface area contributed by atoms with Crippen molar-refractivity contribution in [3.8, 4) is 5.75 Å². The van der Waals surface area contributed by atoms with Crippen molar-refractivity contribution in [3.63, 3.8) is 0 Å². The quantitative estimate of drug-likeness (QED) is 0.0552. The van der Waals surface area contributed by atoms with Gasteiger partial charge in [-0.1, -0.05) is 12.8 Å². The fourth-order valence-electron chi connectivity index (χ4n) is 3.81. The molecule has 0 amide bonds. The smallest absolute Gasteiger partial charge is 0.150 e. The maximum absolute atomic E-state index is 10.6. The van der Waals surface area contributed by atoms with Crippen molar-refractivity contribution < 1.29 is 61.6 Å². The monoisotopic (exact) mass is 724 g/mol. The van der Waals surface area contributed by atoms with Crippen molar-refractivity contribution >= 4 is 17.9 Å². The molecule has 0 saturated heterocycles. The van der Waals surface area contributed by atoms with Gasteiger partial charge in [-0.25, -0.2) is 0 Å². The van der Waals surface area contributed by atoms with Gasteiger partial charge in [0.25, 0.3) is 0 Å². The first kappa shape index (κ1) is 45.6. The molecule has 0 N–H and O–H groups in total. The summed E-state index contributed by atoms with van der Waals surface area (Å²) in [5.41, 5.74) is 0.618. The molecule has 286 valence electrons. The molecule has 0 heterocycles. The topological polar surface area (TPSA) is 128 Å². The molecule has 0 aromatic heterocycles. The molecule has 49 heavy (non-hydrogen) atoms. The number of halogens is 1. The van der Waals surface area contributed by atoms with Gasteiger partial charge in [0.2, 0.25) is 0 Å². The van der Waals surface area contributed by atoms with Crippen LogP contribution in [0.3, 0.4) is 0 Å². The van der Waals surface area contributed by atoms with E-state index in [1.165, 1.54) is 6.42 Å². The summed E-state index contributed by atoms with van der Waals surface area (Å²) in [5, 5.41) is 0. The van der Waals surface area contributed by atoms with Crippen molar-refractivity contribution in [1.82, 2.24) is 0 Å². The largest absolute Gasteiger partial charge is 0.491 e. The van der Waals surface area contributed by atoms with Crippen LogP contribution in [0.1, 0.15) is 36.0 Å². The Labute approximate surface area is 298 Å². The van der Waals surface area contributed by atoms with Crippen molar-refractivity contribution in [2.24, 2.45) is 0 Å². The van der Waals surface area contributed by atoms with Crippen molar-refractivity contribution in [2.45, 2.75) is 25.7 Å². The fourth-order valence-corrected chi connectivity index (χ4v) is 4.00. The first-order valence-corrected chi connectivity index (χ1v) is 18.0. The molecule has 0 aliphatic carbocycles. The first-order valence-electron chi connectivity index (χ1n) is 17.5. The van der Waals surface area contributed by atoms with Crippen LogP contribution >= 0.6 is 11.6 Å². The lowest BCUT2D eigenvalue weighted by Gasteiger charge is -2.09. The molecule has 0 spiro atoms. The summed E-state index contributed by atoms with van der Waals surface area (Å²) in [4.78, 5) is 10.6. The average Bonchev–Trinajstić information content (AvgIpc) is 3.13. The van der Waals surface area contributed by atoms with Gasteiger partial charge < -0.3 is 56.8 Å². The van der Waals surface area contributed by atoms with Crippen LogP contribution in [0.4, 0.5) is 0 Å². The fraction of sp³-hybridized carbons (Fsp3) is 0.800. The van der Waals surface area contributed by atoms with E-state index in [-0.39, 0.29) is 0 Å². The average molecular weight is 725 g/mol. The van der Waals surface area contributed by atoms with Crippen molar-refractivity contribution in [1.29, 1.82) is 0 Å². The molecule has 0 aliphatic rings. The summed E-state index contributed by atoms with van der Waals surface area (Å²) in [6, 6.07) is 6.94. The number of unbranched alkanes of at least 4 members (excludes halogenated alkanes) is 3. The van der Waals surface area contributed by atoms with Crippen LogP contribution < -0.4 is 4.74 Å². The summed E-state index contributed by atoms with van der Waals surface area (Å²) in [7, 11) is 0. The highest BCUT2D eigenvalue weighted by Crippen LogP contribution is 2.10. The molecule has 1 rings (SSSR count). The SMILES string of the molecule is O=Cc1ccc(OCCOCCOCCOCCOCCOCCOCCOCCOCCOCCOCCOCCCCCCCl)cc1. The standard InChI is InChI=1S/C35H61ClO13/c36-9-3-1-2-4-10-38-11-12-39-13-14-40-15-16-41-17-18-42-19-20-43-21-22-44-23-24-45-25-26-46-27-28-47-29-30-48-31-32-49-35-7-5-34(33-37)6-8-35/h5-8,33H,1-4,9-32H2. The minimum absolute atomic E-state index is 0.430. The lowest BCUT2D eigenvalue weighted by molar-refractivity contribution is -0.0277. The third-order valence-corrected chi connectivity index (χ3v) is 6.67. The van der Waals surface area contributed by atoms with Gasteiger partial charge in [-0.3, -0.25) is 4.79 Å². The first-order chi connectivity index (χ1) is 24.4. The number of rotatable bonds is 41. The van der Waals surface area contributed by atoms with Crippen molar-refractivity contribution in [2.75, 3.05) is 158 Å². The van der Waals surface area contributed by atoms with E-state index in [0.29, 0.717) is 157 Å². The number of alkyl halides is 1. The van der Waals surface area contributed by atoms with Crippen LogP contribution in [-0.4, -0.2) is 164 Å². The van der Waals surface area contributed by atoms with Crippen LogP contribution in [-0.2, 0) is 52.1 Å². The third kappa shape index (κ3) is 34.8. The predicted molar refractivity (Wildman–Crippen MR) is 186 cm³/mol. The second kappa shape index (κ2) is 39.3. The second-order valence-electron chi connectivity index (χ2n) is 10.4. The number of hydrogen-bond donors (Lipinski definition) is 0. The van der Waals surface area contributed by atoms with Gasteiger partial charge in [-0.15, -0.1) is 11.6 Å². The van der Waals surface area contributed by atoms with E-state index in [1.807, 2.05) is 0 Å². The Bertz CT molecular complexity index is 791. The van der Waals surface area contributed by atoms with Crippen LogP contribution in [0.2, 0.25) is 0 Å². The summed E-state index contributed by atoms with van der Waals surface area (Å²) >= 11 is 5.65. The zero-order chi connectivity index (χ0) is 35.0. The van der Waals surface area contributed by atoms with Gasteiger partial charge in [0.1, 0.15) is 18.6 Å². The Hall–Kier alpha value is -1.46. The molecule has 0 bridgehead atoms. The third-order valence-electron chi connectivity index (χ3n) is 6.40. The minimum atomic E-state index is 0.430. The number of hydrogen-bond acceptors (Lipinski definition) is 13. The highest BCUT2D eigenvalue weighted by atomic mass is 35.5. The van der Waals surface area contributed by atoms with E-state index in [2.05, 4.69) is 0 Å². The van der Waals surface area contributed by atoms with Gasteiger partial charge in [0.05, 0.1) is 139 Å². The molecule has 0 unspecified atom stereocenters. The van der Waals surface area contributed by atoms with Gasteiger partial charge in [-0.05, 0) is 37.1 Å². The number of carbonyl (C=O) groups excluding carboxylic acids is 1. The van der Waals surface area contributed by atoms with E-state index < -0.39 is 0 Å². The zero-order valence-electron chi connectivity index (χ0n) is 29.4. The molecule has 0 atom stereocenters. The van der Waals surface area contributed by atoms with Crippen molar-refractivity contribution in [3.05, 3.63) is 29.8 Å². The molecule has 13 nitrogen and oxygen atoms in total. The molecule has 0 radical (unpaired) electrons. The van der Waals surface area contributed by atoms with Crippen LogP contribution in [0.25, 0.3) is 0 Å². The highest BCUT2D eigenvalue weighted by Gasteiger charge is 1.98. The van der Waals surface area contributed by atoms with E-state index in [1.54, 1.807) is 24.3 Å². The molecular formula is C35H61ClO13. The van der Waals surface area contributed by atoms with Gasteiger partial charge in [-0.2, -0.15) is 0 Å².